The molecule has 0 saturated heterocycles. The smallest absolute Gasteiger partial charge is 0.282 e. The van der Waals surface area contributed by atoms with Crippen molar-refractivity contribution < 1.29 is 17.8 Å². The van der Waals surface area contributed by atoms with E-state index >= 15 is 0 Å². The Bertz CT molecular complexity index is 718. The monoisotopic (exact) mass is 310 g/mol. The topological polar surface area (TPSA) is 71.4 Å². The molecule has 0 atom stereocenters. The van der Waals surface area contributed by atoms with Crippen LogP contribution in [0.3, 0.4) is 0 Å². The van der Waals surface area contributed by atoms with Gasteiger partial charge in [-0.15, -0.1) is 11.3 Å². The molecule has 4 nitrogen and oxygen atoms in total. The van der Waals surface area contributed by atoms with Gasteiger partial charge in [-0.3, -0.25) is 9.35 Å². The molecular weight excluding hydrogens is 307 g/mol. The van der Waals surface area contributed by atoms with Crippen LogP contribution in [0.15, 0.2) is 23.1 Å². The Kier molecular flexibility index (Phi) is 3.17. The number of fused-ring (bicyclic) bond motifs is 1. The van der Waals surface area contributed by atoms with Gasteiger partial charge in [0.15, 0.2) is 0 Å². The summed E-state index contributed by atoms with van der Waals surface area (Å²) in [5.74, 6) is 0. The highest BCUT2D eigenvalue weighted by Gasteiger charge is 2.25. The van der Waals surface area contributed by atoms with Crippen molar-refractivity contribution in [2.24, 2.45) is 0 Å². The SMILES string of the molecule is O=C(Cl)c1sc2cc(Cl)ccc2c1S(=O)(=O)O. The molecule has 0 aliphatic heterocycles. The molecule has 1 heterocycles. The largest absolute Gasteiger partial charge is 0.296 e. The first-order valence-electron chi connectivity index (χ1n) is 4.20. The predicted molar refractivity (Wildman–Crippen MR) is 66.8 cm³/mol. The van der Waals surface area contributed by atoms with Gasteiger partial charge in [-0.2, -0.15) is 8.42 Å². The number of rotatable bonds is 2. The summed E-state index contributed by atoms with van der Waals surface area (Å²) in [4.78, 5) is 10.5. The zero-order valence-corrected chi connectivity index (χ0v) is 11.1. The molecule has 0 amide bonds. The van der Waals surface area contributed by atoms with Crippen molar-refractivity contribution in [3.05, 3.63) is 28.1 Å². The Morgan fingerprint density at radius 1 is 1.35 bits per heavy atom. The first-order chi connectivity index (χ1) is 7.80. The highest BCUT2D eigenvalue weighted by atomic mass is 35.5. The zero-order chi connectivity index (χ0) is 12.8. The third-order valence-corrected chi connectivity index (χ3v) is 4.80. The fourth-order valence-electron chi connectivity index (χ4n) is 1.43. The zero-order valence-electron chi connectivity index (χ0n) is 7.98. The van der Waals surface area contributed by atoms with E-state index in [4.69, 9.17) is 27.8 Å². The Morgan fingerprint density at radius 2 is 2.00 bits per heavy atom. The second-order valence-electron chi connectivity index (χ2n) is 3.15. The number of carbonyl (C=O) groups excluding carboxylic acids is 1. The van der Waals surface area contributed by atoms with E-state index in [1.165, 1.54) is 18.2 Å². The van der Waals surface area contributed by atoms with Crippen molar-refractivity contribution in [3.63, 3.8) is 0 Å². The van der Waals surface area contributed by atoms with Crippen LogP contribution in [0.5, 0.6) is 0 Å². The van der Waals surface area contributed by atoms with Crippen molar-refractivity contribution in [2.45, 2.75) is 4.90 Å². The molecule has 1 aromatic carbocycles. The van der Waals surface area contributed by atoms with Crippen LogP contribution in [0.4, 0.5) is 0 Å². The van der Waals surface area contributed by atoms with Crippen molar-refractivity contribution in [1.82, 2.24) is 0 Å². The standard InChI is InChI=1S/C9H4Cl2O4S2/c10-4-1-2-5-6(3-4)16-7(9(11)12)8(5)17(13,14)15/h1-3H,(H,13,14,15). The van der Waals surface area contributed by atoms with Gasteiger partial charge in [-0.25, -0.2) is 0 Å². The lowest BCUT2D eigenvalue weighted by molar-refractivity contribution is 0.108. The van der Waals surface area contributed by atoms with Gasteiger partial charge in [0.1, 0.15) is 9.77 Å². The summed E-state index contributed by atoms with van der Waals surface area (Å²) in [5.41, 5.74) is 0. The van der Waals surface area contributed by atoms with Crippen LogP contribution in [0, 0.1) is 0 Å². The minimum atomic E-state index is -4.51. The van der Waals surface area contributed by atoms with Crippen molar-refractivity contribution in [1.29, 1.82) is 0 Å². The van der Waals surface area contributed by atoms with E-state index in [2.05, 4.69) is 0 Å². The van der Waals surface area contributed by atoms with Crippen LogP contribution in [0.2, 0.25) is 5.02 Å². The average molecular weight is 311 g/mol. The van der Waals surface area contributed by atoms with Crippen LogP contribution in [-0.2, 0) is 10.1 Å². The molecule has 0 unspecified atom stereocenters. The van der Waals surface area contributed by atoms with Gasteiger partial charge >= 0.3 is 0 Å². The molecular formula is C9H4Cl2O4S2. The molecule has 1 N–H and O–H groups in total. The summed E-state index contributed by atoms with van der Waals surface area (Å²) in [6.07, 6.45) is 0. The number of hydrogen-bond acceptors (Lipinski definition) is 4. The third kappa shape index (κ3) is 2.31. The maximum atomic E-state index is 11.2. The first-order valence-corrected chi connectivity index (χ1v) is 7.21. The number of benzene rings is 1. The average Bonchev–Trinajstić information content (AvgIpc) is 2.55. The number of thiophene rings is 1. The van der Waals surface area contributed by atoms with Crippen molar-refractivity contribution >= 4 is 60.0 Å². The number of hydrogen-bond donors (Lipinski definition) is 1. The van der Waals surface area contributed by atoms with Crippen LogP contribution in [0.1, 0.15) is 9.67 Å². The minimum absolute atomic E-state index is 0.216. The van der Waals surface area contributed by atoms with Gasteiger partial charge in [0, 0.05) is 15.1 Å². The van der Waals surface area contributed by atoms with E-state index in [-0.39, 0.29) is 10.3 Å². The van der Waals surface area contributed by atoms with Crippen molar-refractivity contribution in [2.75, 3.05) is 0 Å². The van der Waals surface area contributed by atoms with Gasteiger partial charge in [0.25, 0.3) is 15.4 Å². The molecule has 0 aliphatic rings. The van der Waals surface area contributed by atoms with E-state index in [1.807, 2.05) is 0 Å². The van der Waals surface area contributed by atoms with Gasteiger partial charge in [-0.1, -0.05) is 17.7 Å². The summed E-state index contributed by atoms with van der Waals surface area (Å²) in [6, 6.07) is 4.38. The van der Waals surface area contributed by atoms with Crippen LogP contribution < -0.4 is 0 Å². The van der Waals surface area contributed by atoms with Crippen LogP contribution >= 0.6 is 34.5 Å². The Labute approximate surface area is 111 Å². The van der Waals surface area contributed by atoms with E-state index in [0.29, 0.717) is 9.72 Å². The fraction of sp³-hybridized carbons (Fsp3) is 0. The fourth-order valence-corrected chi connectivity index (χ4v) is 4.19. The van der Waals surface area contributed by atoms with Gasteiger partial charge < -0.3 is 0 Å². The molecule has 0 saturated carbocycles. The Balaban J connectivity index is 2.96. The molecule has 0 bridgehead atoms. The van der Waals surface area contributed by atoms with Gasteiger partial charge in [0.05, 0.1) is 0 Å². The van der Waals surface area contributed by atoms with Gasteiger partial charge in [0.2, 0.25) is 0 Å². The highest BCUT2D eigenvalue weighted by Crippen LogP contribution is 2.36. The van der Waals surface area contributed by atoms with Crippen LogP contribution in [0.25, 0.3) is 10.1 Å². The quantitative estimate of drug-likeness (QED) is 0.683. The van der Waals surface area contributed by atoms with Crippen molar-refractivity contribution in [3.8, 4) is 0 Å². The maximum Gasteiger partial charge on any atom is 0.296 e. The molecule has 17 heavy (non-hydrogen) atoms. The van der Waals surface area contributed by atoms with Gasteiger partial charge in [-0.05, 0) is 23.7 Å². The second-order valence-corrected chi connectivity index (χ2v) is 6.34. The lowest BCUT2D eigenvalue weighted by Gasteiger charge is -1.96. The summed E-state index contributed by atoms with van der Waals surface area (Å²) in [5, 5.41) is -0.310. The molecule has 2 rings (SSSR count). The lowest BCUT2D eigenvalue weighted by atomic mass is 10.2. The molecule has 0 spiro atoms. The van der Waals surface area contributed by atoms with E-state index in [0.717, 1.165) is 11.3 Å². The van der Waals surface area contributed by atoms with E-state index in [9.17, 15) is 13.2 Å². The molecule has 2 aromatic rings. The molecule has 1 aromatic heterocycles. The number of halogens is 2. The summed E-state index contributed by atoms with van der Waals surface area (Å²) >= 11 is 11.9. The summed E-state index contributed by atoms with van der Waals surface area (Å²) in [6.45, 7) is 0. The number of carbonyl (C=O) groups is 1. The van der Waals surface area contributed by atoms with E-state index < -0.39 is 20.3 Å². The predicted octanol–water partition coefficient (Wildman–Crippen LogP) is 3.18. The normalized spacial score (nSPS) is 11.9. The lowest BCUT2D eigenvalue weighted by Crippen LogP contribution is -2.02. The summed E-state index contributed by atoms with van der Waals surface area (Å²) < 4.78 is 32.0. The second kappa shape index (κ2) is 4.22. The molecule has 0 fully saturated rings. The maximum absolute atomic E-state index is 11.2. The molecule has 8 heteroatoms. The Hall–Kier alpha value is -0.660. The molecule has 90 valence electrons. The minimum Gasteiger partial charge on any atom is -0.282 e. The Morgan fingerprint density at radius 3 is 2.53 bits per heavy atom. The highest BCUT2D eigenvalue weighted by molar-refractivity contribution is 7.86. The first kappa shape index (κ1) is 12.8. The van der Waals surface area contributed by atoms with Crippen LogP contribution in [-0.4, -0.2) is 18.2 Å². The van der Waals surface area contributed by atoms with E-state index in [1.54, 1.807) is 0 Å². The summed E-state index contributed by atoms with van der Waals surface area (Å²) in [7, 11) is -4.51. The third-order valence-electron chi connectivity index (χ3n) is 2.04. The molecule has 0 aliphatic carbocycles. The molecule has 0 radical (unpaired) electrons.